The third-order valence-corrected chi connectivity index (χ3v) is 2.93. The van der Waals surface area contributed by atoms with Crippen LogP contribution in [-0.2, 0) is 16.1 Å². The number of aliphatic carboxylic acids is 1. The Labute approximate surface area is 113 Å². The molecular formula is C10H14N4O4S. The third kappa shape index (κ3) is 5.34. The number of aryl methyl sites for hydroxylation is 1. The van der Waals surface area contributed by atoms with E-state index in [1.807, 2.05) is 6.92 Å². The summed E-state index contributed by atoms with van der Waals surface area (Å²) in [5, 5.41) is 16.1. The van der Waals surface area contributed by atoms with E-state index in [0.717, 1.165) is 5.01 Å². The fourth-order valence-corrected chi connectivity index (χ4v) is 1.88. The summed E-state index contributed by atoms with van der Waals surface area (Å²) in [5.74, 6) is -2.12. The number of urea groups is 1. The first-order valence-corrected chi connectivity index (χ1v) is 6.23. The van der Waals surface area contributed by atoms with Gasteiger partial charge in [0.25, 0.3) is 0 Å². The van der Waals surface area contributed by atoms with Crippen molar-refractivity contribution in [1.82, 2.24) is 15.6 Å². The Morgan fingerprint density at radius 3 is 2.68 bits per heavy atom. The van der Waals surface area contributed by atoms with Crippen LogP contribution in [0.1, 0.15) is 17.1 Å². The summed E-state index contributed by atoms with van der Waals surface area (Å²) >= 11 is 1.45. The largest absolute Gasteiger partial charge is 0.480 e. The van der Waals surface area contributed by atoms with Crippen molar-refractivity contribution in [2.24, 2.45) is 5.73 Å². The highest BCUT2D eigenvalue weighted by Crippen LogP contribution is 2.07. The molecule has 19 heavy (non-hydrogen) atoms. The number of carbonyl (C=O) groups is 3. The molecule has 1 rings (SSSR count). The monoisotopic (exact) mass is 286 g/mol. The molecule has 0 bridgehead atoms. The lowest BCUT2D eigenvalue weighted by molar-refractivity contribution is -0.140. The lowest BCUT2D eigenvalue weighted by Crippen LogP contribution is -2.47. The second kappa shape index (κ2) is 6.69. The highest BCUT2D eigenvalue weighted by Gasteiger charge is 2.21. The van der Waals surface area contributed by atoms with Crippen LogP contribution in [0.5, 0.6) is 0 Å². The predicted molar refractivity (Wildman–Crippen MR) is 67.5 cm³/mol. The Hall–Kier alpha value is -2.16. The van der Waals surface area contributed by atoms with Crippen LogP contribution in [0.4, 0.5) is 4.79 Å². The first-order valence-electron chi connectivity index (χ1n) is 5.35. The zero-order valence-corrected chi connectivity index (χ0v) is 11.0. The van der Waals surface area contributed by atoms with Gasteiger partial charge in [0.1, 0.15) is 6.04 Å². The van der Waals surface area contributed by atoms with Crippen molar-refractivity contribution >= 4 is 29.2 Å². The minimum atomic E-state index is -1.34. The van der Waals surface area contributed by atoms with E-state index < -0.39 is 30.4 Å². The van der Waals surface area contributed by atoms with Crippen LogP contribution < -0.4 is 16.4 Å². The summed E-state index contributed by atoms with van der Waals surface area (Å²) in [6, 6.07) is -2.03. The third-order valence-electron chi connectivity index (χ3n) is 2.11. The minimum absolute atomic E-state index is 0.180. The van der Waals surface area contributed by atoms with Gasteiger partial charge in [0, 0.05) is 5.38 Å². The summed E-state index contributed by atoms with van der Waals surface area (Å²) in [4.78, 5) is 37.0. The van der Waals surface area contributed by atoms with Gasteiger partial charge < -0.3 is 21.5 Å². The van der Waals surface area contributed by atoms with Gasteiger partial charge in [0.05, 0.1) is 23.7 Å². The summed E-state index contributed by atoms with van der Waals surface area (Å²) in [7, 11) is 0. The molecule has 0 aliphatic carbocycles. The Balaban J connectivity index is 2.44. The van der Waals surface area contributed by atoms with Gasteiger partial charge >= 0.3 is 12.0 Å². The van der Waals surface area contributed by atoms with E-state index in [1.54, 1.807) is 5.38 Å². The molecule has 9 heteroatoms. The maximum absolute atomic E-state index is 11.5. The standard InChI is InChI=1S/C10H14N4O4S/c1-5-13-6(4-19-5)3-12-10(18)14-7(9(16)17)2-8(11)15/h4,7H,2-3H2,1H3,(H2,11,15)(H,16,17)(H2,12,14,18)/t7-/m0/s1. The highest BCUT2D eigenvalue weighted by atomic mass is 32.1. The Kier molecular flexibility index (Phi) is 5.24. The smallest absolute Gasteiger partial charge is 0.326 e. The van der Waals surface area contributed by atoms with Gasteiger partial charge in [-0.2, -0.15) is 0 Å². The summed E-state index contributed by atoms with van der Waals surface area (Å²) in [6.07, 6.45) is -0.460. The number of carboxylic acids is 1. The molecule has 1 atom stereocenters. The summed E-state index contributed by atoms with van der Waals surface area (Å²) in [6.45, 7) is 2.01. The molecule has 3 amide bonds. The predicted octanol–water partition coefficient (Wildman–Crippen LogP) is -0.421. The van der Waals surface area contributed by atoms with Crippen LogP contribution in [0.25, 0.3) is 0 Å². The number of nitrogens with two attached hydrogens (primary N) is 1. The number of nitrogens with one attached hydrogen (secondary N) is 2. The van der Waals surface area contributed by atoms with Gasteiger partial charge in [-0.25, -0.2) is 14.6 Å². The molecule has 0 unspecified atom stereocenters. The quantitative estimate of drug-likeness (QED) is 0.563. The van der Waals surface area contributed by atoms with Gasteiger partial charge in [-0.15, -0.1) is 11.3 Å². The van der Waals surface area contributed by atoms with Crippen molar-refractivity contribution in [1.29, 1.82) is 0 Å². The number of rotatable bonds is 6. The van der Waals surface area contributed by atoms with E-state index in [2.05, 4.69) is 15.6 Å². The van der Waals surface area contributed by atoms with Crippen LogP contribution in [-0.4, -0.2) is 34.0 Å². The number of hydrogen-bond acceptors (Lipinski definition) is 5. The van der Waals surface area contributed by atoms with Crippen LogP contribution in [0, 0.1) is 6.92 Å². The molecule has 0 aliphatic rings. The molecule has 0 aromatic carbocycles. The summed E-state index contributed by atoms with van der Waals surface area (Å²) in [5.41, 5.74) is 5.57. The maximum Gasteiger partial charge on any atom is 0.326 e. The molecule has 0 saturated carbocycles. The SMILES string of the molecule is Cc1nc(CNC(=O)N[C@@H](CC(N)=O)C(=O)O)cs1. The van der Waals surface area contributed by atoms with Crippen LogP contribution in [0.3, 0.4) is 0 Å². The zero-order valence-electron chi connectivity index (χ0n) is 10.2. The molecule has 0 radical (unpaired) electrons. The van der Waals surface area contributed by atoms with Gasteiger partial charge in [0.15, 0.2) is 0 Å². The van der Waals surface area contributed by atoms with Crippen LogP contribution in [0.2, 0.25) is 0 Å². The molecule has 0 spiro atoms. The number of aromatic nitrogens is 1. The van der Waals surface area contributed by atoms with E-state index in [0.29, 0.717) is 5.69 Å². The topological polar surface area (TPSA) is 134 Å². The molecule has 8 nitrogen and oxygen atoms in total. The fourth-order valence-electron chi connectivity index (χ4n) is 1.27. The number of thiazole rings is 1. The number of hydrogen-bond donors (Lipinski definition) is 4. The van der Waals surface area contributed by atoms with Crippen molar-refractivity contribution < 1.29 is 19.5 Å². The van der Waals surface area contributed by atoms with Crippen molar-refractivity contribution in [3.63, 3.8) is 0 Å². The average Bonchev–Trinajstić information content (AvgIpc) is 2.71. The van der Waals surface area contributed by atoms with Crippen molar-refractivity contribution in [2.45, 2.75) is 25.9 Å². The molecule has 0 saturated heterocycles. The fraction of sp³-hybridized carbons (Fsp3) is 0.400. The molecule has 1 aromatic heterocycles. The van der Waals surface area contributed by atoms with E-state index in [-0.39, 0.29) is 6.54 Å². The van der Waals surface area contributed by atoms with Gasteiger partial charge in [0.2, 0.25) is 5.91 Å². The first kappa shape index (κ1) is 14.9. The lowest BCUT2D eigenvalue weighted by atomic mass is 10.2. The second-order valence-electron chi connectivity index (χ2n) is 3.75. The van der Waals surface area contributed by atoms with E-state index in [9.17, 15) is 14.4 Å². The van der Waals surface area contributed by atoms with Crippen molar-refractivity contribution in [2.75, 3.05) is 0 Å². The van der Waals surface area contributed by atoms with E-state index in [1.165, 1.54) is 11.3 Å². The Morgan fingerprint density at radius 1 is 1.53 bits per heavy atom. The number of nitrogens with zero attached hydrogens (tertiary/aromatic N) is 1. The van der Waals surface area contributed by atoms with E-state index >= 15 is 0 Å². The lowest BCUT2D eigenvalue weighted by Gasteiger charge is -2.13. The molecule has 0 aliphatic heterocycles. The Bertz CT molecular complexity index is 488. The zero-order chi connectivity index (χ0) is 14.4. The first-order chi connectivity index (χ1) is 8.88. The van der Waals surface area contributed by atoms with Gasteiger partial charge in [-0.1, -0.05) is 0 Å². The Morgan fingerprint density at radius 2 is 2.21 bits per heavy atom. The molecule has 1 aromatic rings. The molecular weight excluding hydrogens is 272 g/mol. The number of amides is 3. The maximum atomic E-state index is 11.5. The highest BCUT2D eigenvalue weighted by molar-refractivity contribution is 7.09. The molecule has 104 valence electrons. The number of carbonyl (C=O) groups excluding carboxylic acids is 2. The van der Waals surface area contributed by atoms with Crippen LogP contribution >= 0.6 is 11.3 Å². The molecule has 5 N–H and O–H groups in total. The minimum Gasteiger partial charge on any atom is -0.480 e. The van der Waals surface area contributed by atoms with Crippen molar-refractivity contribution in [3.8, 4) is 0 Å². The number of primary amides is 1. The average molecular weight is 286 g/mol. The van der Waals surface area contributed by atoms with Crippen molar-refractivity contribution in [3.05, 3.63) is 16.1 Å². The molecule has 1 heterocycles. The molecule has 0 fully saturated rings. The van der Waals surface area contributed by atoms with E-state index in [4.69, 9.17) is 10.8 Å². The number of carboxylic acid groups (broad SMARTS) is 1. The van der Waals surface area contributed by atoms with Gasteiger partial charge in [-0.3, -0.25) is 4.79 Å². The normalized spacial score (nSPS) is 11.6. The van der Waals surface area contributed by atoms with Crippen LogP contribution in [0.15, 0.2) is 5.38 Å². The van der Waals surface area contributed by atoms with Gasteiger partial charge in [-0.05, 0) is 6.92 Å². The second-order valence-corrected chi connectivity index (χ2v) is 4.81. The summed E-state index contributed by atoms with van der Waals surface area (Å²) < 4.78 is 0.